The van der Waals surface area contributed by atoms with Gasteiger partial charge >= 0.3 is 0 Å². The first-order valence-electron chi connectivity index (χ1n) is 9.78. The average molecular weight is 353 g/mol. The van der Waals surface area contributed by atoms with Crippen molar-refractivity contribution in [3.05, 3.63) is 48.0 Å². The number of hydrogen-bond acceptors (Lipinski definition) is 4. The number of nitrogens with one attached hydrogen (secondary N) is 2. The van der Waals surface area contributed by atoms with Crippen LogP contribution in [-0.4, -0.2) is 26.7 Å². The van der Waals surface area contributed by atoms with Crippen LogP contribution in [0.15, 0.2) is 36.7 Å². The molecule has 6 heteroatoms. The molecule has 1 aromatic heterocycles. The van der Waals surface area contributed by atoms with E-state index in [4.69, 9.17) is 0 Å². The van der Waals surface area contributed by atoms with Gasteiger partial charge in [-0.1, -0.05) is 49.6 Å². The lowest BCUT2D eigenvalue weighted by molar-refractivity contribution is -0.123. The van der Waals surface area contributed by atoms with Crippen molar-refractivity contribution in [1.29, 1.82) is 0 Å². The number of nitrogens with zero attached hydrogens (tertiary/aromatic N) is 3. The van der Waals surface area contributed by atoms with Crippen molar-refractivity contribution in [3.8, 4) is 0 Å². The first-order chi connectivity index (χ1) is 12.8. The molecule has 2 fully saturated rings. The molecule has 0 bridgehead atoms. The molecule has 4 rings (SSSR count). The summed E-state index contributed by atoms with van der Waals surface area (Å²) in [4.78, 5) is 12.6. The molecule has 1 aliphatic carbocycles. The second kappa shape index (κ2) is 7.99. The highest BCUT2D eigenvalue weighted by Gasteiger charge is 2.30. The van der Waals surface area contributed by atoms with Crippen LogP contribution in [0.2, 0.25) is 0 Å². The molecule has 0 unspecified atom stereocenters. The summed E-state index contributed by atoms with van der Waals surface area (Å²) in [6, 6.07) is 11.0. The third-order valence-corrected chi connectivity index (χ3v) is 5.70. The second-order valence-electron chi connectivity index (χ2n) is 7.42. The Morgan fingerprint density at radius 3 is 2.73 bits per heavy atom. The van der Waals surface area contributed by atoms with Crippen LogP contribution >= 0.6 is 0 Å². The van der Waals surface area contributed by atoms with E-state index >= 15 is 0 Å². The molecule has 1 saturated heterocycles. The number of carbonyl (C=O) groups is 1. The maximum absolute atomic E-state index is 12.6. The van der Waals surface area contributed by atoms with Gasteiger partial charge in [-0.3, -0.25) is 10.1 Å². The summed E-state index contributed by atoms with van der Waals surface area (Å²) in [5, 5.41) is 14.8. The summed E-state index contributed by atoms with van der Waals surface area (Å²) in [5.41, 5.74) is 1.25. The fourth-order valence-electron chi connectivity index (χ4n) is 4.24. The molecule has 2 atom stereocenters. The maximum atomic E-state index is 12.6. The van der Waals surface area contributed by atoms with Crippen LogP contribution in [0, 0.1) is 0 Å². The predicted molar refractivity (Wildman–Crippen MR) is 99.3 cm³/mol. The number of amides is 1. The molecule has 0 spiro atoms. The molecular formula is C20H27N5O. The Morgan fingerprint density at radius 1 is 1.12 bits per heavy atom. The van der Waals surface area contributed by atoms with Gasteiger partial charge in [0.15, 0.2) is 5.82 Å². The van der Waals surface area contributed by atoms with Crippen LogP contribution < -0.4 is 10.6 Å². The van der Waals surface area contributed by atoms with E-state index in [1.807, 2.05) is 24.5 Å². The molecular weight excluding hydrogens is 326 g/mol. The number of benzene rings is 1. The smallest absolute Gasteiger partial charge is 0.237 e. The van der Waals surface area contributed by atoms with Gasteiger partial charge in [-0.25, -0.2) is 0 Å². The Morgan fingerprint density at radius 2 is 1.92 bits per heavy atom. The molecule has 1 saturated carbocycles. The minimum atomic E-state index is -0.133. The molecule has 1 aliphatic heterocycles. The number of carbonyl (C=O) groups excluding carboxylic acids is 1. The van der Waals surface area contributed by atoms with Crippen molar-refractivity contribution in [2.24, 2.45) is 0 Å². The van der Waals surface area contributed by atoms with Gasteiger partial charge in [0.1, 0.15) is 6.33 Å². The minimum absolute atomic E-state index is 0.0571. The van der Waals surface area contributed by atoms with E-state index in [-0.39, 0.29) is 18.0 Å². The van der Waals surface area contributed by atoms with E-state index in [2.05, 4.69) is 37.5 Å². The molecule has 1 amide bonds. The van der Waals surface area contributed by atoms with Gasteiger partial charge in [0, 0.05) is 12.1 Å². The van der Waals surface area contributed by atoms with Gasteiger partial charge in [0.2, 0.25) is 5.91 Å². The highest BCUT2D eigenvalue weighted by molar-refractivity contribution is 5.82. The summed E-state index contributed by atoms with van der Waals surface area (Å²) in [7, 11) is 0. The van der Waals surface area contributed by atoms with E-state index in [9.17, 15) is 4.79 Å². The van der Waals surface area contributed by atoms with Crippen molar-refractivity contribution in [1.82, 2.24) is 25.4 Å². The van der Waals surface area contributed by atoms with Crippen molar-refractivity contribution < 1.29 is 4.79 Å². The zero-order chi connectivity index (χ0) is 17.8. The van der Waals surface area contributed by atoms with E-state index in [0.29, 0.717) is 12.6 Å². The lowest BCUT2D eigenvalue weighted by Gasteiger charge is -2.24. The Bertz CT molecular complexity index is 723. The fraction of sp³-hybridized carbons (Fsp3) is 0.550. The highest BCUT2D eigenvalue weighted by Crippen LogP contribution is 2.29. The number of rotatable bonds is 5. The summed E-state index contributed by atoms with van der Waals surface area (Å²) < 4.78 is 2.16. The first-order valence-corrected chi connectivity index (χ1v) is 9.78. The van der Waals surface area contributed by atoms with Crippen LogP contribution in [0.3, 0.4) is 0 Å². The lowest BCUT2D eigenvalue weighted by atomic mass is 9.95. The third kappa shape index (κ3) is 3.80. The molecule has 1 aromatic carbocycles. The van der Waals surface area contributed by atoms with Gasteiger partial charge < -0.3 is 9.88 Å². The summed E-state index contributed by atoms with van der Waals surface area (Å²) in [5.74, 6) is 0.921. The number of hydrogen-bond donors (Lipinski definition) is 2. The van der Waals surface area contributed by atoms with Crippen molar-refractivity contribution >= 4 is 5.91 Å². The molecule has 26 heavy (non-hydrogen) atoms. The normalized spacial score (nSPS) is 23.8. The standard InChI is InChI=1S/C20H27N5O/c26-20(18-12-11-17(23-18)15-7-3-1-4-8-15)21-13-19-24-22-14-25(19)16-9-5-2-6-10-16/h1,3-4,7-8,14,16-18,23H,2,5-6,9-13H2,(H,21,26)/t17-,18-/m1/s1. The van der Waals surface area contributed by atoms with Gasteiger partial charge in [0.25, 0.3) is 0 Å². The van der Waals surface area contributed by atoms with Gasteiger partial charge in [-0.2, -0.15) is 0 Å². The molecule has 2 aliphatic rings. The van der Waals surface area contributed by atoms with E-state index in [1.165, 1.54) is 37.7 Å². The third-order valence-electron chi connectivity index (χ3n) is 5.70. The largest absolute Gasteiger partial charge is 0.347 e. The van der Waals surface area contributed by atoms with Gasteiger partial charge in [-0.05, 0) is 31.2 Å². The average Bonchev–Trinajstić information content (AvgIpc) is 3.37. The number of aromatic nitrogens is 3. The van der Waals surface area contributed by atoms with Crippen LogP contribution in [0.4, 0.5) is 0 Å². The SMILES string of the molecule is O=C(NCc1nncn1C1CCCCC1)[C@H]1CC[C@H](c2ccccc2)N1. The molecule has 2 aromatic rings. The molecule has 2 heterocycles. The van der Waals surface area contributed by atoms with Crippen LogP contribution in [-0.2, 0) is 11.3 Å². The maximum Gasteiger partial charge on any atom is 0.237 e. The van der Waals surface area contributed by atoms with E-state index in [1.54, 1.807) is 0 Å². The molecule has 6 nitrogen and oxygen atoms in total. The van der Waals surface area contributed by atoms with Crippen molar-refractivity contribution in [2.45, 2.75) is 69.6 Å². The lowest BCUT2D eigenvalue weighted by Crippen LogP contribution is -2.41. The Labute approximate surface area is 154 Å². The quantitative estimate of drug-likeness (QED) is 0.867. The second-order valence-corrected chi connectivity index (χ2v) is 7.42. The van der Waals surface area contributed by atoms with Crippen LogP contribution in [0.5, 0.6) is 0 Å². The van der Waals surface area contributed by atoms with Crippen molar-refractivity contribution in [3.63, 3.8) is 0 Å². The minimum Gasteiger partial charge on any atom is -0.347 e. The Balaban J connectivity index is 1.32. The topological polar surface area (TPSA) is 71.8 Å². The zero-order valence-electron chi connectivity index (χ0n) is 15.1. The fourth-order valence-corrected chi connectivity index (χ4v) is 4.24. The van der Waals surface area contributed by atoms with E-state index < -0.39 is 0 Å². The van der Waals surface area contributed by atoms with Gasteiger partial charge in [0.05, 0.1) is 12.6 Å². The Kier molecular flexibility index (Phi) is 5.29. The first kappa shape index (κ1) is 17.2. The monoisotopic (exact) mass is 353 g/mol. The molecule has 138 valence electrons. The highest BCUT2D eigenvalue weighted by atomic mass is 16.2. The molecule has 0 radical (unpaired) electrons. The summed E-state index contributed by atoms with van der Waals surface area (Å²) in [6.07, 6.45) is 9.88. The van der Waals surface area contributed by atoms with Crippen LogP contribution in [0.1, 0.15) is 68.4 Å². The van der Waals surface area contributed by atoms with Crippen LogP contribution in [0.25, 0.3) is 0 Å². The molecule has 2 N–H and O–H groups in total. The zero-order valence-corrected chi connectivity index (χ0v) is 15.1. The summed E-state index contributed by atoms with van der Waals surface area (Å²) >= 11 is 0. The van der Waals surface area contributed by atoms with Gasteiger partial charge in [-0.15, -0.1) is 10.2 Å². The summed E-state index contributed by atoms with van der Waals surface area (Å²) in [6.45, 7) is 0.448. The predicted octanol–water partition coefficient (Wildman–Crippen LogP) is 2.89. The van der Waals surface area contributed by atoms with E-state index in [0.717, 1.165) is 18.7 Å². The van der Waals surface area contributed by atoms with Crippen molar-refractivity contribution in [2.75, 3.05) is 0 Å². The Hall–Kier alpha value is -2.21.